The molecule has 1 unspecified atom stereocenters. The van der Waals surface area contributed by atoms with Gasteiger partial charge in [0.2, 0.25) is 5.91 Å². The molecule has 1 amide bonds. The SMILES string of the molecule is CN1CC2(COCCN(c3cc(C(F)(F)F)ncn3)C2)CC1=O.O=C(O)C(F)(F)F. The molecule has 3 rings (SSSR count). The molecule has 2 aliphatic rings. The Morgan fingerprint density at radius 1 is 1.20 bits per heavy atom. The number of carbonyl (C=O) groups is 2. The van der Waals surface area contributed by atoms with Crippen LogP contribution < -0.4 is 4.90 Å². The zero-order chi connectivity index (χ0) is 22.7. The predicted octanol–water partition coefficient (Wildman–Crippen LogP) is 1.81. The number of rotatable bonds is 1. The van der Waals surface area contributed by atoms with E-state index in [2.05, 4.69) is 9.97 Å². The summed E-state index contributed by atoms with van der Waals surface area (Å²) in [5.74, 6) is -2.53. The molecule has 0 aromatic carbocycles. The molecule has 3 heterocycles. The molecule has 1 aromatic rings. The lowest BCUT2D eigenvalue weighted by atomic mass is 9.87. The smallest absolute Gasteiger partial charge is 0.475 e. The van der Waals surface area contributed by atoms with Gasteiger partial charge in [-0.2, -0.15) is 26.3 Å². The number of likely N-dealkylation sites (tertiary alicyclic amines) is 1. The van der Waals surface area contributed by atoms with E-state index in [0.29, 0.717) is 39.3 Å². The number of hydrogen-bond acceptors (Lipinski definition) is 6. The standard InChI is InChI=1S/C14H17F3N4O2.C2HF3O2/c1-20-6-13(5-12(20)22)7-21(2-3-23-8-13)11-4-10(14(15,16)17)18-9-19-11;3-2(4,5)1(6)7/h4,9H,2-3,5-8H2,1H3;(H,6,7). The van der Waals surface area contributed by atoms with Gasteiger partial charge in [0, 0.05) is 44.6 Å². The van der Waals surface area contributed by atoms with Gasteiger partial charge < -0.3 is 19.6 Å². The molecule has 0 aliphatic carbocycles. The number of anilines is 1. The highest BCUT2D eigenvalue weighted by atomic mass is 19.4. The first-order chi connectivity index (χ1) is 13.7. The van der Waals surface area contributed by atoms with Crippen LogP contribution in [0.15, 0.2) is 12.4 Å². The second-order valence-corrected chi connectivity index (χ2v) is 6.96. The summed E-state index contributed by atoms with van der Waals surface area (Å²) in [6.07, 6.45) is -8.35. The maximum atomic E-state index is 12.8. The molecule has 8 nitrogen and oxygen atoms in total. The summed E-state index contributed by atoms with van der Waals surface area (Å²) in [5, 5.41) is 7.12. The van der Waals surface area contributed by atoms with Gasteiger partial charge in [-0.05, 0) is 0 Å². The van der Waals surface area contributed by atoms with Crippen molar-refractivity contribution in [3.63, 3.8) is 0 Å². The summed E-state index contributed by atoms with van der Waals surface area (Å²) in [4.78, 5) is 31.4. The largest absolute Gasteiger partial charge is 0.490 e. The molecule has 0 bridgehead atoms. The summed E-state index contributed by atoms with van der Waals surface area (Å²) in [6, 6.07) is 0.944. The first-order valence-corrected chi connectivity index (χ1v) is 8.49. The second-order valence-electron chi connectivity index (χ2n) is 6.96. The van der Waals surface area contributed by atoms with E-state index in [1.807, 2.05) is 0 Å². The second kappa shape index (κ2) is 8.62. The van der Waals surface area contributed by atoms with Crippen molar-refractivity contribution in [3.05, 3.63) is 18.1 Å². The van der Waals surface area contributed by atoms with E-state index in [1.165, 1.54) is 0 Å². The minimum atomic E-state index is -5.08. The number of carbonyl (C=O) groups excluding carboxylic acids is 1. The maximum Gasteiger partial charge on any atom is 0.490 e. The predicted molar refractivity (Wildman–Crippen MR) is 88.4 cm³/mol. The Kier molecular flexibility index (Phi) is 6.79. The van der Waals surface area contributed by atoms with Crippen molar-refractivity contribution >= 4 is 17.7 Å². The van der Waals surface area contributed by atoms with Crippen molar-refractivity contribution in [1.82, 2.24) is 14.9 Å². The Bertz CT molecular complexity index is 788. The van der Waals surface area contributed by atoms with E-state index >= 15 is 0 Å². The van der Waals surface area contributed by atoms with Gasteiger partial charge in [0.25, 0.3) is 0 Å². The van der Waals surface area contributed by atoms with Gasteiger partial charge in [-0.1, -0.05) is 0 Å². The number of carboxylic acid groups (broad SMARTS) is 1. The van der Waals surface area contributed by atoms with Gasteiger partial charge in [-0.3, -0.25) is 4.79 Å². The Morgan fingerprint density at radius 2 is 1.83 bits per heavy atom. The van der Waals surface area contributed by atoms with E-state index in [0.717, 1.165) is 12.4 Å². The fourth-order valence-electron chi connectivity index (χ4n) is 3.17. The molecule has 1 aromatic heterocycles. The number of hydrogen-bond donors (Lipinski definition) is 1. The quantitative estimate of drug-likeness (QED) is 0.661. The van der Waals surface area contributed by atoms with Gasteiger partial charge in [-0.15, -0.1) is 0 Å². The lowest BCUT2D eigenvalue weighted by molar-refractivity contribution is -0.192. The van der Waals surface area contributed by atoms with Crippen molar-refractivity contribution in [2.75, 3.05) is 44.8 Å². The third kappa shape index (κ3) is 5.93. The van der Waals surface area contributed by atoms with Crippen LogP contribution in [0, 0.1) is 5.41 Å². The van der Waals surface area contributed by atoms with Crippen LogP contribution in [0.3, 0.4) is 0 Å². The highest BCUT2D eigenvalue weighted by molar-refractivity contribution is 5.79. The number of ether oxygens (including phenoxy) is 1. The van der Waals surface area contributed by atoms with Crippen LogP contribution in [0.2, 0.25) is 0 Å². The molecule has 2 saturated heterocycles. The van der Waals surface area contributed by atoms with Crippen molar-refractivity contribution in [2.45, 2.75) is 18.8 Å². The fourth-order valence-corrected chi connectivity index (χ4v) is 3.17. The lowest BCUT2D eigenvalue weighted by Crippen LogP contribution is -2.40. The summed E-state index contributed by atoms with van der Waals surface area (Å²) in [7, 11) is 1.72. The Hall–Kier alpha value is -2.64. The summed E-state index contributed by atoms with van der Waals surface area (Å²) in [6.45, 7) is 2.17. The van der Waals surface area contributed by atoms with E-state index < -0.39 is 29.4 Å². The molecule has 0 saturated carbocycles. The van der Waals surface area contributed by atoms with E-state index in [4.69, 9.17) is 14.6 Å². The molecule has 1 spiro atoms. The molecule has 2 aliphatic heterocycles. The highest BCUT2D eigenvalue weighted by Crippen LogP contribution is 2.35. The first kappa shape index (κ1) is 23.6. The number of carboxylic acids is 1. The first-order valence-electron chi connectivity index (χ1n) is 8.49. The molecule has 14 heteroatoms. The fraction of sp³-hybridized carbons (Fsp3) is 0.625. The monoisotopic (exact) mass is 444 g/mol. The normalized spacial score (nSPS) is 22.6. The summed E-state index contributed by atoms with van der Waals surface area (Å²) >= 11 is 0. The number of aliphatic carboxylic acids is 1. The minimum absolute atomic E-state index is 0.0223. The highest BCUT2D eigenvalue weighted by Gasteiger charge is 2.45. The van der Waals surface area contributed by atoms with Gasteiger partial charge in [-0.25, -0.2) is 14.8 Å². The average molecular weight is 444 g/mol. The summed E-state index contributed by atoms with van der Waals surface area (Å²) in [5.41, 5.74) is -1.38. The maximum absolute atomic E-state index is 12.8. The molecular formula is C16H18F6N4O4. The Morgan fingerprint density at radius 3 is 2.33 bits per heavy atom. The van der Waals surface area contributed by atoms with Crippen LogP contribution in [0.1, 0.15) is 12.1 Å². The molecule has 2 fully saturated rings. The van der Waals surface area contributed by atoms with Crippen LogP contribution in [0.5, 0.6) is 0 Å². The topological polar surface area (TPSA) is 95.9 Å². The van der Waals surface area contributed by atoms with Gasteiger partial charge in [0.05, 0.1) is 13.2 Å². The molecule has 0 radical (unpaired) electrons. The van der Waals surface area contributed by atoms with Gasteiger partial charge >= 0.3 is 18.3 Å². The van der Waals surface area contributed by atoms with Crippen LogP contribution in [-0.4, -0.2) is 77.9 Å². The number of nitrogens with zero attached hydrogens (tertiary/aromatic N) is 4. The van der Waals surface area contributed by atoms with E-state index in [-0.39, 0.29) is 11.7 Å². The van der Waals surface area contributed by atoms with Crippen LogP contribution in [-0.2, 0) is 20.5 Å². The number of alkyl halides is 6. The Balaban J connectivity index is 0.000000396. The van der Waals surface area contributed by atoms with E-state index in [9.17, 15) is 31.1 Å². The third-order valence-corrected chi connectivity index (χ3v) is 4.47. The zero-order valence-corrected chi connectivity index (χ0v) is 15.6. The Labute approximate surface area is 166 Å². The summed E-state index contributed by atoms with van der Waals surface area (Å²) < 4.78 is 75.8. The number of halogens is 6. The molecule has 1 N–H and O–H groups in total. The van der Waals surface area contributed by atoms with Crippen LogP contribution in [0.25, 0.3) is 0 Å². The van der Waals surface area contributed by atoms with Crippen LogP contribution in [0.4, 0.5) is 32.2 Å². The van der Waals surface area contributed by atoms with Crippen LogP contribution >= 0.6 is 0 Å². The molecule has 1 atom stereocenters. The molecular weight excluding hydrogens is 426 g/mol. The molecule has 168 valence electrons. The van der Waals surface area contributed by atoms with Crippen molar-refractivity contribution in [3.8, 4) is 0 Å². The third-order valence-electron chi connectivity index (χ3n) is 4.47. The van der Waals surface area contributed by atoms with Crippen molar-refractivity contribution in [1.29, 1.82) is 0 Å². The zero-order valence-electron chi connectivity index (χ0n) is 15.6. The number of aromatic nitrogens is 2. The number of amides is 1. The van der Waals surface area contributed by atoms with Crippen molar-refractivity contribution < 1.29 is 45.8 Å². The lowest BCUT2D eigenvalue weighted by Gasteiger charge is -2.31. The van der Waals surface area contributed by atoms with E-state index in [1.54, 1.807) is 16.8 Å². The molecule has 30 heavy (non-hydrogen) atoms. The minimum Gasteiger partial charge on any atom is -0.475 e. The average Bonchev–Trinajstić information content (AvgIpc) is 2.78. The van der Waals surface area contributed by atoms with Crippen molar-refractivity contribution in [2.24, 2.45) is 5.41 Å². The van der Waals surface area contributed by atoms with Gasteiger partial charge in [0.1, 0.15) is 17.8 Å². The van der Waals surface area contributed by atoms with Gasteiger partial charge in [0.15, 0.2) is 0 Å².